The summed E-state index contributed by atoms with van der Waals surface area (Å²) in [5.74, 6) is -0.317. The number of benzene rings is 4. The summed E-state index contributed by atoms with van der Waals surface area (Å²) in [6.07, 6.45) is 0. The van der Waals surface area contributed by atoms with Crippen LogP contribution in [0.5, 0.6) is 0 Å². The number of carbonyl (C=O) groups is 1. The van der Waals surface area contributed by atoms with E-state index in [2.05, 4.69) is 75.3 Å². The van der Waals surface area contributed by atoms with E-state index in [1.807, 2.05) is 0 Å². The zero-order valence-corrected chi connectivity index (χ0v) is 16.8. The third kappa shape index (κ3) is 3.46. The van der Waals surface area contributed by atoms with Crippen molar-refractivity contribution in [2.75, 3.05) is 27.2 Å². The summed E-state index contributed by atoms with van der Waals surface area (Å²) in [7, 11) is 4.33. The van der Waals surface area contributed by atoms with Gasteiger partial charge in [0.05, 0.1) is 14.1 Å². The molecule has 0 unspecified atom stereocenters. The molecule has 4 aromatic carbocycles. The van der Waals surface area contributed by atoms with Gasteiger partial charge in [0.1, 0.15) is 19.7 Å². The Morgan fingerprint density at radius 3 is 2.04 bits per heavy atom. The molecule has 0 aromatic heterocycles. The maximum atomic E-state index is 11.6. The molecule has 0 heterocycles. The summed E-state index contributed by atoms with van der Waals surface area (Å²) in [6.45, 7) is 7.32. The van der Waals surface area contributed by atoms with Gasteiger partial charge in [0.2, 0.25) is 0 Å². The van der Waals surface area contributed by atoms with E-state index in [0.717, 1.165) is 17.6 Å². The van der Waals surface area contributed by atoms with E-state index in [1.165, 1.54) is 37.9 Å². The minimum absolute atomic E-state index is 0.317. The normalized spacial score (nSPS) is 12.1. The molecule has 0 radical (unpaired) electrons. The Bertz CT molecular complexity index is 1130. The van der Waals surface area contributed by atoms with E-state index < -0.39 is 0 Å². The summed E-state index contributed by atoms with van der Waals surface area (Å²) < 4.78 is 6.03. The van der Waals surface area contributed by atoms with Gasteiger partial charge in [-0.15, -0.1) is 0 Å². The van der Waals surface area contributed by atoms with Crippen LogP contribution < -0.4 is 0 Å². The van der Waals surface area contributed by atoms with E-state index >= 15 is 0 Å². The van der Waals surface area contributed by atoms with E-state index in [0.29, 0.717) is 12.2 Å². The first kappa shape index (κ1) is 18.5. The Hall–Kier alpha value is -2.91. The number of hydrogen-bond acceptors (Lipinski definition) is 2. The Morgan fingerprint density at radius 2 is 1.46 bits per heavy atom. The molecular formula is C25H26NO2+. The Kier molecular flexibility index (Phi) is 4.56. The molecule has 0 amide bonds. The van der Waals surface area contributed by atoms with Crippen molar-refractivity contribution in [3.8, 4) is 0 Å². The van der Waals surface area contributed by atoms with E-state index in [-0.39, 0.29) is 5.97 Å². The molecule has 0 aliphatic carbocycles. The highest BCUT2D eigenvalue weighted by atomic mass is 16.5. The molecule has 4 rings (SSSR count). The monoisotopic (exact) mass is 372 g/mol. The van der Waals surface area contributed by atoms with Crippen LogP contribution in [-0.2, 0) is 16.1 Å². The third-order valence-electron chi connectivity index (χ3n) is 5.41. The predicted octanol–water partition coefficient (Wildman–Crippen LogP) is 5.28. The highest BCUT2D eigenvalue weighted by Gasteiger charge is 2.18. The molecule has 4 aromatic rings. The van der Waals surface area contributed by atoms with Crippen molar-refractivity contribution in [2.45, 2.75) is 13.5 Å². The zero-order valence-electron chi connectivity index (χ0n) is 16.8. The van der Waals surface area contributed by atoms with Crippen molar-refractivity contribution in [3.63, 3.8) is 0 Å². The second-order valence-electron chi connectivity index (χ2n) is 8.36. The fourth-order valence-corrected chi connectivity index (χ4v) is 3.99. The maximum Gasteiger partial charge on any atom is 0.333 e. The van der Waals surface area contributed by atoms with Crippen LogP contribution in [0.25, 0.3) is 32.3 Å². The highest BCUT2D eigenvalue weighted by Crippen LogP contribution is 2.35. The van der Waals surface area contributed by atoms with Crippen LogP contribution in [0.15, 0.2) is 66.7 Å². The van der Waals surface area contributed by atoms with Gasteiger partial charge in [-0.2, -0.15) is 0 Å². The number of ether oxygens (including phenoxy) is 1. The fourth-order valence-electron chi connectivity index (χ4n) is 3.99. The van der Waals surface area contributed by atoms with Gasteiger partial charge in [0.15, 0.2) is 0 Å². The number of carbonyl (C=O) groups excluding carboxylic acids is 1. The Labute approximate surface area is 165 Å². The van der Waals surface area contributed by atoms with Crippen LogP contribution in [0, 0.1) is 0 Å². The SMILES string of the molecule is C=C(C)C(=O)OCC[N+](C)(C)Cc1cc2ccc3cccc4ccc(c1)c2c34. The molecule has 0 bridgehead atoms. The molecule has 0 aliphatic heterocycles. The molecule has 3 nitrogen and oxygen atoms in total. The lowest BCUT2D eigenvalue weighted by molar-refractivity contribution is -0.903. The van der Waals surface area contributed by atoms with Crippen molar-refractivity contribution in [1.29, 1.82) is 0 Å². The molecule has 0 atom stereocenters. The number of esters is 1. The van der Waals surface area contributed by atoms with E-state index in [9.17, 15) is 4.79 Å². The van der Waals surface area contributed by atoms with Crippen LogP contribution in [0.4, 0.5) is 0 Å². The summed E-state index contributed by atoms with van der Waals surface area (Å²) in [4.78, 5) is 11.6. The second kappa shape index (κ2) is 6.92. The minimum Gasteiger partial charge on any atom is -0.456 e. The molecule has 0 saturated heterocycles. The summed E-state index contributed by atoms with van der Waals surface area (Å²) in [6, 6.07) is 20.0. The molecule has 0 fully saturated rings. The quantitative estimate of drug-likeness (QED) is 0.199. The molecule has 28 heavy (non-hydrogen) atoms. The predicted molar refractivity (Wildman–Crippen MR) is 117 cm³/mol. The van der Waals surface area contributed by atoms with Crippen LogP contribution in [0.2, 0.25) is 0 Å². The maximum absolute atomic E-state index is 11.6. The number of nitrogens with zero attached hydrogens (tertiary/aromatic N) is 1. The smallest absolute Gasteiger partial charge is 0.333 e. The van der Waals surface area contributed by atoms with Gasteiger partial charge in [0, 0.05) is 11.1 Å². The lowest BCUT2D eigenvalue weighted by atomic mass is 9.93. The molecule has 0 spiro atoms. The lowest BCUT2D eigenvalue weighted by Crippen LogP contribution is -2.41. The van der Waals surface area contributed by atoms with Crippen LogP contribution in [-0.4, -0.2) is 37.7 Å². The topological polar surface area (TPSA) is 26.3 Å². The molecule has 0 aliphatic rings. The summed E-state index contributed by atoms with van der Waals surface area (Å²) in [5.41, 5.74) is 1.74. The highest BCUT2D eigenvalue weighted by molar-refractivity contribution is 6.23. The van der Waals surface area contributed by atoms with Crippen molar-refractivity contribution >= 4 is 38.3 Å². The van der Waals surface area contributed by atoms with Crippen molar-refractivity contribution in [3.05, 3.63) is 72.3 Å². The summed E-state index contributed by atoms with van der Waals surface area (Å²) >= 11 is 0. The first-order valence-corrected chi connectivity index (χ1v) is 9.65. The van der Waals surface area contributed by atoms with Crippen molar-refractivity contribution in [1.82, 2.24) is 0 Å². The van der Waals surface area contributed by atoms with Crippen LogP contribution in [0.3, 0.4) is 0 Å². The van der Waals surface area contributed by atoms with Crippen LogP contribution >= 0.6 is 0 Å². The third-order valence-corrected chi connectivity index (χ3v) is 5.41. The number of rotatable bonds is 6. The average Bonchev–Trinajstić information content (AvgIpc) is 2.65. The second-order valence-corrected chi connectivity index (χ2v) is 8.36. The van der Waals surface area contributed by atoms with Gasteiger partial charge in [-0.25, -0.2) is 4.79 Å². The molecule has 0 N–H and O–H groups in total. The average molecular weight is 372 g/mol. The molecule has 3 heteroatoms. The standard InChI is InChI=1S/C25H26NO2/c1-17(2)25(27)28-13-12-26(3,4)16-18-14-21-10-8-19-6-5-7-20-9-11-22(15-18)24(21)23(19)20/h5-11,14-15H,1,12-13,16H2,2-4H3/q+1. The Balaban J connectivity index is 1.62. The number of quaternary nitrogens is 1. The number of likely N-dealkylation sites (N-methyl/N-ethyl adjacent to an activating group) is 1. The molecule has 142 valence electrons. The Morgan fingerprint density at radius 1 is 0.929 bits per heavy atom. The van der Waals surface area contributed by atoms with Gasteiger partial charge >= 0.3 is 5.97 Å². The lowest BCUT2D eigenvalue weighted by Gasteiger charge is -2.30. The largest absolute Gasteiger partial charge is 0.456 e. The minimum atomic E-state index is -0.317. The van der Waals surface area contributed by atoms with Gasteiger partial charge in [-0.05, 0) is 51.4 Å². The molecule has 0 saturated carbocycles. The van der Waals surface area contributed by atoms with Gasteiger partial charge in [-0.1, -0.05) is 49.0 Å². The van der Waals surface area contributed by atoms with E-state index in [1.54, 1.807) is 6.92 Å². The van der Waals surface area contributed by atoms with Gasteiger partial charge in [0.25, 0.3) is 0 Å². The van der Waals surface area contributed by atoms with Gasteiger partial charge in [-0.3, -0.25) is 0 Å². The summed E-state index contributed by atoms with van der Waals surface area (Å²) in [5, 5.41) is 7.85. The van der Waals surface area contributed by atoms with Crippen molar-refractivity contribution < 1.29 is 14.0 Å². The van der Waals surface area contributed by atoms with Gasteiger partial charge < -0.3 is 9.22 Å². The van der Waals surface area contributed by atoms with Crippen molar-refractivity contribution in [2.24, 2.45) is 0 Å². The zero-order chi connectivity index (χ0) is 19.9. The molecular weight excluding hydrogens is 346 g/mol. The van der Waals surface area contributed by atoms with Crippen LogP contribution in [0.1, 0.15) is 12.5 Å². The first-order valence-electron chi connectivity index (χ1n) is 9.65. The first-order chi connectivity index (χ1) is 13.3. The fraction of sp³-hybridized carbons (Fsp3) is 0.240. The van der Waals surface area contributed by atoms with E-state index in [4.69, 9.17) is 4.74 Å². The number of hydrogen-bond donors (Lipinski definition) is 0.